The van der Waals surface area contributed by atoms with Crippen LogP contribution in [0, 0.1) is 0 Å². The average Bonchev–Trinajstić information content (AvgIpc) is 2.57. The first-order valence-electron chi connectivity index (χ1n) is 8.10. The maximum Gasteiger partial charge on any atom is 0.109 e. The van der Waals surface area contributed by atoms with Gasteiger partial charge in [0.2, 0.25) is 0 Å². The summed E-state index contributed by atoms with van der Waals surface area (Å²) in [6, 6.07) is 0. The Labute approximate surface area is 138 Å². The van der Waals surface area contributed by atoms with E-state index in [-0.39, 0.29) is 0 Å². The topological polar surface area (TPSA) is 85.9 Å². The lowest BCUT2D eigenvalue weighted by Crippen LogP contribution is -2.24. The van der Waals surface area contributed by atoms with Crippen LogP contribution < -0.4 is 5.32 Å². The zero-order valence-electron chi connectivity index (χ0n) is 14.3. The predicted octanol–water partition coefficient (Wildman–Crippen LogP) is 1.19. The molecule has 0 spiro atoms. The van der Waals surface area contributed by atoms with Crippen LogP contribution in [0.5, 0.6) is 0 Å². The monoisotopic (exact) mass is 341 g/mol. The van der Waals surface area contributed by atoms with Gasteiger partial charge in [0.15, 0.2) is 0 Å². The molecule has 140 valence electrons. The quantitative estimate of drug-likeness (QED) is 0.199. The molecule has 0 aliphatic heterocycles. The van der Waals surface area contributed by atoms with Crippen LogP contribution in [0.2, 0.25) is 0 Å². The van der Waals surface area contributed by atoms with Gasteiger partial charge < -0.3 is 14.8 Å². The molecule has 0 amide bonds. The van der Waals surface area contributed by atoms with Crippen LogP contribution >= 0.6 is 0 Å². The van der Waals surface area contributed by atoms with Crippen LogP contribution in [0.25, 0.3) is 0 Å². The van der Waals surface area contributed by atoms with Crippen molar-refractivity contribution in [1.29, 1.82) is 0 Å². The fourth-order valence-electron chi connectivity index (χ4n) is 1.20. The zero-order chi connectivity index (χ0) is 16.8. The molecular formula is C14H31NO8. The van der Waals surface area contributed by atoms with Gasteiger partial charge in [-0.1, -0.05) is 23.9 Å². The fourth-order valence-corrected chi connectivity index (χ4v) is 1.20. The summed E-state index contributed by atoms with van der Waals surface area (Å²) in [6.07, 6.45) is 1.89. The minimum Gasteiger partial charge on any atom is -0.379 e. The Morgan fingerprint density at radius 2 is 1.00 bits per heavy atom. The van der Waals surface area contributed by atoms with E-state index < -0.39 is 0 Å². The van der Waals surface area contributed by atoms with Crippen molar-refractivity contribution in [1.82, 2.24) is 5.32 Å². The van der Waals surface area contributed by atoms with Gasteiger partial charge in [-0.05, 0) is 12.8 Å². The molecule has 0 radical (unpaired) electrons. The van der Waals surface area contributed by atoms with E-state index in [9.17, 15) is 0 Å². The van der Waals surface area contributed by atoms with Crippen molar-refractivity contribution < 1.29 is 39.1 Å². The Kier molecular flexibility index (Phi) is 21.3. The van der Waals surface area contributed by atoms with Crippen LogP contribution in [-0.2, 0) is 39.1 Å². The van der Waals surface area contributed by atoms with Gasteiger partial charge in [-0.2, -0.15) is 0 Å². The number of nitrogens with one attached hydrogen (secondary N) is 1. The Morgan fingerprint density at radius 3 is 1.61 bits per heavy atom. The second-order valence-electron chi connectivity index (χ2n) is 4.40. The molecular weight excluding hydrogens is 310 g/mol. The molecule has 0 fully saturated rings. The zero-order valence-corrected chi connectivity index (χ0v) is 14.3. The molecule has 1 N–H and O–H groups in total. The van der Waals surface area contributed by atoms with Gasteiger partial charge >= 0.3 is 0 Å². The molecule has 0 atom stereocenters. The summed E-state index contributed by atoms with van der Waals surface area (Å²) >= 11 is 0. The minimum absolute atomic E-state index is 0.296. The first-order valence-corrected chi connectivity index (χ1v) is 8.10. The molecule has 9 heteroatoms. The Morgan fingerprint density at radius 1 is 0.522 bits per heavy atom. The number of hydrogen-bond acceptors (Lipinski definition) is 9. The molecule has 0 saturated carbocycles. The summed E-state index contributed by atoms with van der Waals surface area (Å²) in [5, 5.41) is 12.0. The summed E-state index contributed by atoms with van der Waals surface area (Å²) < 4.78 is 10.5. The van der Waals surface area contributed by atoms with Crippen LogP contribution in [-0.4, -0.2) is 65.9 Å². The van der Waals surface area contributed by atoms with Crippen molar-refractivity contribution in [3.8, 4) is 0 Å². The van der Waals surface area contributed by atoms with Gasteiger partial charge in [0, 0.05) is 19.7 Å². The lowest BCUT2D eigenvalue weighted by Gasteiger charge is -2.06. The van der Waals surface area contributed by atoms with Crippen LogP contribution in [0.1, 0.15) is 26.7 Å². The van der Waals surface area contributed by atoms with E-state index in [2.05, 4.69) is 27.2 Å². The summed E-state index contributed by atoms with van der Waals surface area (Å²) in [5.74, 6) is 0. The molecule has 0 heterocycles. The molecule has 0 aromatic carbocycles. The van der Waals surface area contributed by atoms with E-state index in [1.807, 2.05) is 6.92 Å². The number of ether oxygens (including phenoxy) is 2. The van der Waals surface area contributed by atoms with E-state index in [4.69, 9.17) is 24.1 Å². The maximum absolute atomic E-state index is 5.25. The highest BCUT2D eigenvalue weighted by Gasteiger charge is 1.94. The van der Waals surface area contributed by atoms with Crippen molar-refractivity contribution in [3.05, 3.63) is 0 Å². The lowest BCUT2D eigenvalue weighted by molar-refractivity contribution is -0.513. The average molecular weight is 341 g/mol. The molecule has 0 aromatic rings. The van der Waals surface area contributed by atoms with Crippen LogP contribution in [0.15, 0.2) is 0 Å². The second kappa shape index (κ2) is 21.6. The summed E-state index contributed by atoms with van der Waals surface area (Å²) in [7, 11) is 0. The SMILES string of the molecule is CCCOCCOCCOOOCCNCCOOOCCC. The van der Waals surface area contributed by atoms with E-state index in [1.165, 1.54) is 0 Å². The number of rotatable bonds is 20. The highest BCUT2D eigenvalue weighted by molar-refractivity contribution is 4.41. The Bertz CT molecular complexity index is 191. The third-order valence-corrected chi connectivity index (χ3v) is 2.24. The molecule has 0 aliphatic rings. The van der Waals surface area contributed by atoms with Crippen molar-refractivity contribution in [2.24, 2.45) is 0 Å². The molecule has 23 heavy (non-hydrogen) atoms. The molecule has 0 aliphatic carbocycles. The number of hydrogen-bond donors (Lipinski definition) is 1. The van der Waals surface area contributed by atoms with E-state index in [1.54, 1.807) is 0 Å². The Balaban J connectivity index is 2.92. The van der Waals surface area contributed by atoms with Gasteiger partial charge in [0.25, 0.3) is 0 Å². The van der Waals surface area contributed by atoms with Gasteiger partial charge in [-0.3, -0.25) is 0 Å². The van der Waals surface area contributed by atoms with Gasteiger partial charge in [0.1, 0.15) is 6.61 Å². The smallest absolute Gasteiger partial charge is 0.109 e. The van der Waals surface area contributed by atoms with Crippen LogP contribution in [0.4, 0.5) is 0 Å². The molecule has 0 rings (SSSR count). The highest BCUT2D eigenvalue weighted by Crippen LogP contribution is 1.86. The van der Waals surface area contributed by atoms with E-state index >= 15 is 0 Å². The summed E-state index contributed by atoms with van der Waals surface area (Å²) in [4.78, 5) is 19.0. The van der Waals surface area contributed by atoms with E-state index in [0.29, 0.717) is 59.3 Å². The summed E-state index contributed by atoms with van der Waals surface area (Å²) in [6.45, 7) is 9.09. The minimum atomic E-state index is 0.296. The summed E-state index contributed by atoms with van der Waals surface area (Å²) in [5.41, 5.74) is 0. The van der Waals surface area contributed by atoms with Crippen molar-refractivity contribution in [2.75, 3.05) is 65.9 Å². The van der Waals surface area contributed by atoms with Crippen molar-refractivity contribution in [3.63, 3.8) is 0 Å². The first-order chi connectivity index (χ1) is 11.4. The standard InChI is InChI=1S/C14H31NO8/c1-3-7-16-11-12-17-13-14-21-23-20-10-6-15-5-9-19-22-18-8-4-2/h15H,3-14H2,1-2H3. The Hall–Kier alpha value is -0.360. The molecule has 0 unspecified atom stereocenters. The lowest BCUT2D eigenvalue weighted by atomic mass is 10.5. The molecule has 0 aromatic heterocycles. The third-order valence-electron chi connectivity index (χ3n) is 2.24. The van der Waals surface area contributed by atoms with Crippen LogP contribution in [0.3, 0.4) is 0 Å². The molecule has 0 saturated heterocycles. The fraction of sp³-hybridized carbons (Fsp3) is 1.00. The molecule has 9 nitrogen and oxygen atoms in total. The molecule has 0 bridgehead atoms. The maximum atomic E-state index is 5.25. The highest BCUT2D eigenvalue weighted by atomic mass is 17.5. The first kappa shape index (κ1) is 22.6. The van der Waals surface area contributed by atoms with Gasteiger partial charge in [-0.25, -0.2) is 19.6 Å². The third kappa shape index (κ3) is 21.6. The largest absolute Gasteiger partial charge is 0.379 e. The van der Waals surface area contributed by atoms with Crippen molar-refractivity contribution >= 4 is 0 Å². The predicted molar refractivity (Wildman–Crippen MR) is 81.1 cm³/mol. The normalized spacial score (nSPS) is 11.2. The van der Waals surface area contributed by atoms with Gasteiger partial charge in [-0.15, -0.1) is 0 Å². The second-order valence-corrected chi connectivity index (χ2v) is 4.40. The van der Waals surface area contributed by atoms with Gasteiger partial charge in [0.05, 0.1) is 39.6 Å². The van der Waals surface area contributed by atoms with E-state index in [0.717, 1.165) is 19.4 Å². The van der Waals surface area contributed by atoms with Crippen molar-refractivity contribution in [2.45, 2.75) is 26.7 Å².